The highest BCUT2D eigenvalue weighted by molar-refractivity contribution is 5.62. The molecule has 0 saturated heterocycles. The fourth-order valence-electron chi connectivity index (χ4n) is 2.63. The van der Waals surface area contributed by atoms with E-state index in [2.05, 4.69) is 71.8 Å². The first-order valence-corrected chi connectivity index (χ1v) is 7.26. The van der Waals surface area contributed by atoms with Gasteiger partial charge >= 0.3 is 0 Å². The predicted octanol–water partition coefficient (Wildman–Crippen LogP) is 2.29. The molecule has 0 bridgehead atoms. The van der Waals surface area contributed by atoms with E-state index in [4.69, 9.17) is 0 Å². The molecule has 1 unspecified atom stereocenters. The van der Waals surface area contributed by atoms with Gasteiger partial charge in [0.15, 0.2) is 0 Å². The molecule has 3 heteroatoms. The molecular weight excluding hydrogens is 258 g/mol. The van der Waals surface area contributed by atoms with Crippen LogP contribution in [0, 0.1) is 0 Å². The van der Waals surface area contributed by atoms with Crippen LogP contribution in [0.1, 0.15) is 11.1 Å². The van der Waals surface area contributed by atoms with Gasteiger partial charge < -0.3 is 4.90 Å². The lowest BCUT2D eigenvalue weighted by atomic mass is 10.1. The highest BCUT2D eigenvalue weighted by Gasteiger charge is 2.12. The van der Waals surface area contributed by atoms with E-state index in [1.165, 1.54) is 21.6 Å². The number of H-pyrrole nitrogens is 1. The number of hydrogen-bond donors (Lipinski definition) is 2. The van der Waals surface area contributed by atoms with Crippen molar-refractivity contribution in [3.63, 3.8) is 0 Å². The maximum Gasteiger partial charge on any atom is 0.107 e. The van der Waals surface area contributed by atoms with Crippen molar-refractivity contribution in [3.8, 4) is 11.3 Å². The van der Waals surface area contributed by atoms with Crippen molar-refractivity contribution in [3.05, 3.63) is 78.0 Å². The van der Waals surface area contributed by atoms with Crippen LogP contribution >= 0.6 is 0 Å². The molecule has 1 atom stereocenters. The number of rotatable bonds is 5. The van der Waals surface area contributed by atoms with Crippen LogP contribution in [-0.2, 0) is 13.1 Å². The zero-order valence-electron chi connectivity index (χ0n) is 12.2. The summed E-state index contributed by atoms with van der Waals surface area (Å²) in [5.41, 5.74) is 4.94. The molecular formula is C18H20N3+. The summed E-state index contributed by atoms with van der Waals surface area (Å²) in [5, 5.41) is 7.35. The first-order chi connectivity index (χ1) is 10.3. The molecule has 21 heavy (non-hydrogen) atoms. The molecule has 3 nitrogen and oxygen atoms in total. The number of nitrogens with zero attached hydrogens (tertiary/aromatic N) is 1. The van der Waals surface area contributed by atoms with Gasteiger partial charge in [-0.1, -0.05) is 60.7 Å². The fourth-order valence-corrected chi connectivity index (χ4v) is 2.63. The van der Waals surface area contributed by atoms with Crippen molar-refractivity contribution in [1.29, 1.82) is 0 Å². The molecule has 3 rings (SSSR count). The zero-order chi connectivity index (χ0) is 14.5. The first kappa shape index (κ1) is 13.6. The lowest BCUT2D eigenvalue weighted by Gasteiger charge is -2.14. The largest absolute Gasteiger partial charge is 0.330 e. The summed E-state index contributed by atoms with van der Waals surface area (Å²) < 4.78 is 0. The van der Waals surface area contributed by atoms with E-state index in [9.17, 15) is 0 Å². The van der Waals surface area contributed by atoms with E-state index in [-0.39, 0.29) is 0 Å². The standard InChI is InChI=1S/C18H19N3/c1-21(13-15-8-4-2-5-9-15)14-17-12-19-20-18(17)16-10-6-3-7-11-16/h2-12H,13-14H2,1H3,(H,19,20)/p+1. The maximum atomic E-state index is 4.22. The van der Waals surface area contributed by atoms with Crippen LogP contribution in [0.25, 0.3) is 11.3 Å². The molecule has 0 spiro atoms. The molecule has 3 aromatic rings. The van der Waals surface area contributed by atoms with E-state index in [0.717, 1.165) is 18.8 Å². The number of benzene rings is 2. The molecule has 0 saturated carbocycles. The van der Waals surface area contributed by atoms with Crippen molar-refractivity contribution in [2.75, 3.05) is 7.05 Å². The van der Waals surface area contributed by atoms with E-state index >= 15 is 0 Å². The highest BCUT2D eigenvalue weighted by Crippen LogP contribution is 2.19. The first-order valence-electron chi connectivity index (χ1n) is 7.26. The Bertz CT molecular complexity index is 674. The van der Waals surface area contributed by atoms with Crippen LogP contribution in [0.5, 0.6) is 0 Å². The van der Waals surface area contributed by atoms with Gasteiger partial charge in [0, 0.05) is 11.1 Å². The van der Waals surface area contributed by atoms with Gasteiger partial charge in [0.1, 0.15) is 13.1 Å². The van der Waals surface area contributed by atoms with Crippen LogP contribution in [-0.4, -0.2) is 17.2 Å². The van der Waals surface area contributed by atoms with Gasteiger partial charge in [0.2, 0.25) is 0 Å². The van der Waals surface area contributed by atoms with Gasteiger partial charge in [-0.05, 0) is 0 Å². The minimum Gasteiger partial charge on any atom is -0.330 e. The molecule has 0 amide bonds. The van der Waals surface area contributed by atoms with E-state index < -0.39 is 0 Å². The molecule has 0 aliphatic rings. The van der Waals surface area contributed by atoms with E-state index in [1.807, 2.05) is 12.3 Å². The van der Waals surface area contributed by atoms with Crippen molar-refractivity contribution in [1.82, 2.24) is 10.2 Å². The molecule has 1 heterocycles. The topological polar surface area (TPSA) is 33.1 Å². The third-order valence-corrected chi connectivity index (χ3v) is 3.62. The molecule has 0 aliphatic heterocycles. The van der Waals surface area contributed by atoms with Crippen molar-refractivity contribution in [2.45, 2.75) is 13.1 Å². The van der Waals surface area contributed by atoms with E-state index in [1.54, 1.807) is 0 Å². The third-order valence-electron chi connectivity index (χ3n) is 3.62. The number of nitrogens with one attached hydrogen (secondary N) is 2. The Kier molecular flexibility index (Phi) is 4.12. The molecule has 0 radical (unpaired) electrons. The van der Waals surface area contributed by atoms with Gasteiger partial charge in [-0.2, -0.15) is 5.10 Å². The Hall–Kier alpha value is -2.39. The van der Waals surface area contributed by atoms with Gasteiger partial charge in [-0.3, -0.25) is 5.10 Å². The third kappa shape index (κ3) is 3.38. The highest BCUT2D eigenvalue weighted by atomic mass is 15.1. The molecule has 106 valence electrons. The van der Waals surface area contributed by atoms with Crippen molar-refractivity contribution in [2.24, 2.45) is 0 Å². The van der Waals surface area contributed by atoms with Crippen molar-refractivity contribution >= 4 is 0 Å². The van der Waals surface area contributed by atoms with Gasteiger partial charge in [0.05, 0.1) is 24.5 Å². The lowest BCUT2D eigenvalue weighted by molar-refractivity contribution is -0.907. The summed E-state index contributed by atoms with van der Waals surface area (Å²) in [6.07, 6.45) is 1.94. The summed E-state index contributed by atoms with van der Waals surface area (Å²) in [4.78, 5) is 1.44. The molecule has 2 aromatic carbocycles. The van der Waals surface area contributed by atoms with Crippen LogP contribution < -0.4 is 4.90 Å². The van der Waals surface area contributed by atoms with Crippen LogP contribution in [0.4, 0.5) is 0 Å². The SMILES string of the molecule is C[NH+](Cc1ccccc1)Cc1cn[nH]c1-c1ccccc1. The summed E-state index contributed by atoms with van der Waals surface area (Å²) in [6.45, 7) is 1.97. The Labute approximate surface area is 125 Å². The summed E-state index contributed by atoms with van der Waals surface area (Å²) >= 11 is 0. The summed E-state index contributed by atoms with van der Waals surface area (Å²) in [5.74, 6) is 0. The number of aromatic nitrogens is 2. The van der Waals surface area contributed by atoms with Crippen molar-refractivity contribution < 1.29 is 4.90 Å². The molecule has 0 aliphatic carbocycles. The number of aromatic amines is 1. The summed E-state index contributed by atoms with van der Waals surface area (Å²) in [7, 11) is 2.22. The Balaban J connectivity index is 1.73. The molecule has 1 aromatic heterocycles. The second-order valence-electron chi connectivity index (χ2n) is 5.43. The quantitative estimate of drug-likeness (QED) is 0.737. The Morgan fingerprint density at radius 2 is 1.57 bits per heavy atom. The van der Waals surface area contributed by atoms with Crippen LogP contribution in [0.3, 0.4) is 0 Å². The van der Waals surface area contributed by atoms with Gasteiger partial charge in [0.25, 0.3) is 0 Å². The predicted molar refractivity (Wildman–Crippen MR) is 84.8 cm³/mol. The fraction of sp³-hybridized carbons (Fsp3) is 0.167. The second kappa shape index (κ2) is 6.37. The minimum absolute atomic E-state index is 0.954. The maximum absolute atomic E-state index is 4.22. The lowest BCUT2D eigenvalue weighted by Crippen LogP contribution is -3.06. The average Bonchev–Trinajstić information content (AvgIpc) is 2.97. The van der Waals surface area contributed by atoms with E-state index in [0.29, 0.717) is 0 Å². The van der Waals surface area contributed by atoms with Gasteiger partial charge in [-0.25, -0.2) is 0 Å². The number of quaternary nitrogens is 1. The molecule has 0 fully saturated rings. The van der Waals surface area contributed by atoms with Gasteiger partial charge in [-0.15, -0.1) is 0 Å². The van der Waals surface area contributed by atoms with Crippen LogP contribution in [0.15, 0.2) is 66.9 Å². The molecule has 2 N–H and O–H groups in total. The minimum atomic E-state index is 0.954. The second-order valence-corrected chi connectivity index (χ2v) is 5.43. The monoisotopic (exact) mass is 278 g/mol. The normalized spacial score (nSPS) is 12.2. The number of hydrogen-bond acceptors (Lipinski definition) is 1. The van der Waals surface area contributed by atoms with Crippen LogP contribution in [0.2, 0.25) is 0 Å². The summed E-state index contributed by atoms with van der Waals surface area (Å²) in [6, 6.07) is 21.0. The zero-order valence-corrected chi connectivity index (χ0v) is 12.2. The smallest absolute Gasteiger partial charge is 0.107 e. The average molecular weight is 278 g/mol. The Morgan fingerprint density at radius 3 is 2.29 bits per heavy atom. The Morgan fingerprint density at radius 1 is 0.905 bits per heavy atom.